The monoisotopic (exact) mass is 403 g/mol. The summed E-state index contributed by atoms with van der Waals surface area (Å²) in [5.41, 5.74) is 0.923. The molecular formula is C21H26NO3PS. The lowest BCUT2D eigenvalue weighted by molar-refractivity contribution is -0.135. The van der Waals surface area contributed by atoms with Gasteiger partial charge in [-0.05, 0) is 68.4 Å². The summed E-state index contributed by atoms with van der Waals surface area (Å²) in [4.78, 5) is 25.0. The molecule has 2 atom stereocenters. The molecule has 27 heavy (non-hydrogen) atoms. The number of hydrogen-bond donors (Lipinski definition) is 1. The molecule has 144 valence electrons. The smallest absolute Gasteiger partial charge is 0.311 e. The van der Waals surface area contributed by atoms with E-state index in [0.717, 1.165) is 21.9 Å². The number of rotatable bonds is 4. The SMILES string of the molecule is C/C=C1\NCC(=O)/C(=C/c2ccc(OC(=O)CC3CCCP(C)C3)cc2)S1. The Labute approximate surface area is 166 Å². The lowest BCUT2D eigenvalue weighted by Crippen LogP contribution is -2.26. The Hall–Kier alpha value is -1.58. The summed E-state index contributed by atoms with van der Waals surface area (Å²) in [6.45, 7) is 4.60. The molecule has 4 nitrogen and oxygen atoms in total. The molecule has 3 rings (SSSR count). The summed E-state index contributed by atoms with van der Waals surface area (Å²) in [5, 5.41) is 4.07. The van der Waals surface area contributed by atoms with Crippen molar-refractivity contribution in [2.45, 2.75) is 26.2 Å². The van der Waals surface area contributed by atoms with Crippen LogP contribution in [-0.4, -0.2) is 37.3 Å². The zero-order valence-corrected chi connectivity index (χ0v) is 17.6. The van der Waals surface area contributed by atoms with Crippen molar-refractivity contribution in [2.75, 3.05) is 25.5 Å². The summed E-state index contributed by atoms with van der Waals surface area (Å²) in [6, 6.07) is 7.36. The zero-order chi connectivity index (χ0) is 19.2. The van der Waals surface area contributed by atoms with Gasteiger partial charge >= 0.3 is 5.97 Å². The molecule has 0 bridgehead atoms. The number of ether oxygens (including phenoxy) is 1. The molecule has 0 spiro atoms. The van der Waals surface area contributed by atoms with E-state index in [9.17, 15) is 9.59 Å². The molecular weight excluding hydrogens is 377 g/mol. The first-order valence-corrected chi connectivity index (χ1v) is 12.3. The quantitative estimate of drug-likeness (QED) is 0.344. The fraction of sp³-hybridized carbons (Fsp3) is 0.429. The third-order valence-corrected chi connectivity index (χ3v) is 8.15. The zero-order valence-electron chi connectivity index (χ0n) is 15.9. The minimum Gasteiger partial charge on any atom is -0.427 e. The van der Waals surface area contributed by atoms with Crippen LogP contribution in [0.1, 0.15) is 31.7 Å². The largest absolute Gasteiger partial charge is 0.427 e. The molecule has 1 aromatic carbocycles. The van der Waals surface area contributed by atoms with Crippen LogP contribution in [0.25, 0.3) is 6.08 Å². The summed E-state index contributed by atoms with van der Waals surface area (Å²) >= 11 is 1.45. The topological polar surface area (TPSA) is 55.4 Å². The fourth-order valence-electron chi connectivity index (χ4n) is 3.37. The van der Waals surface area contributed by atoms with Gasteiger partial charge in [-0.1, -0.05) is 30.0 Å². The summed E-state index contributed by atoms with van der Waals surface area (Å²) < 4.78 is 5.51. The second-order valence-corrected chi connectivity index (χ2v) is 10.7. The van der Waals surface area contributed by atoms with Gasteiger partial charge in [-0.2, -0.15) is 0 Å². The number of ketones is 1. The van der Waals surface area contributed by atoms with Crippen LogP contribution in [0.3, 0.4) is 0 Å². The van der Waals surface area contributed by atoms with Crippen LogP contribution in [0, 0.1) is 5.92 Å². The van der Waals surface area contributed by atoms with Crippen molar-refractivity contribution < 1.29 is 14.3 Å². The Bertz CT molecular complexity index is 757. The number of carbonyl (C=O) groups excluding carboxylic acids is 2. The third-order valence-electron chi connectivity index (χ3n) is 4.77. The predicted molar refractivity (Wildman–Crippen MR) is 114 cm³/mol. The summed E-state index contributed by atoms with van der Waals surface area (Å²) in [7, 11) is 0.105. The standard InChI is InChI=1S/C21H26NO3PS/c1-3-20-22-13-18(23)19(27-20)11-15-6-8-17(9-7-15)25-21(24)12-16-5-4-10-26(2)14-16/h3,6-9,11,16,22H,4-5,10,12-14H2,1-2H3/b19-11-,20-3+. The first-order chi connectivity index (χ1) is 13.0. The third kappa shape index (κ3) is 5.95. The molecule has 2 aliphatic heterocycles. The van der Waals surface area contributed by atoms with Crippen molar-refractivity contribution in [1.29, 1.82) is 0 Å². The molecule has 2 fully saturated rings. The van der Waals surface area contributed by atoms with E-state index in [0.29, 0.717) is 24.6 Å². The van der Waals surface area contributed by atoms with E-state index < -0.39 is 0 Å². The number of benzene rings is 1. The van der Waals surface area contributed by atoms with Gasteiger partial charge in [-0.25, -0.2) is 0 Å². The van der Waals surface area contributed by atoms with Gasteiger partial charge < -0.3 is 10.1 Å². The average Bonchev–Trinajstić information content (AvgIpc) is 2.65. The minimum absolute atomic E-state index is 0.0875. The number of esters is 1. The molecule has 1 N–H and O–H groups in total. The molecule has 2 heterocycles. The van der Waals surface area contributed by atoms with E-state index in [-0.39, 0.29) is 19.7 Å². The second kappa shape index (κ2) is 9.57. The van der Waals surface area contributed by atoms with E-state index in [1.165, 1.54) is 30.5 Å². The van der Waals surface area contributed by atoms with Crippen LogP contribution in [-0.2, 0) is 9.59 Å². The van der Waals surface area contributed by atoms with Gasteiger partial charge in [0.25, 0.3) is 0 Å². The van der Waals surface area contributed by atoms with Crippen molar-refractivity contribution in [3.8, 4) is 5.75 Å². The highest BCUT2D eigenvalue weighted by molar-refractivity contribution is 8.07. The van der Waals surface area contributed by atoms with E-state index in [1.54, 1.807) is 12.1 Å². The highest BCUT2D eigenvalue weighted by atomic mass is 32.2. The predicted octanol–water partition coefficient (Wildman–Crippen LogP) is 4.61. The first-order valence-electron chi connectivity index (χ1n) is 9.35. The van der Waals surface area contributed by atoms with Gasteiger partial charge in [0.1, 0.15) is 5.75 Å². The van der Waals surface area contributed by atoms with Gasteiger partial charge in [0.05, 0.1) is 16.5 Å². The lowest BCUT2D eigenvalue weighted by atomic mass is 10.0. The Morgan fingerprint density at radius 3 is 2.85 bits per heavy atom. The van der Waals surface area contributed by atoms with Crippen LogP contribution < -0.4 is 10.1 Å². The van der Waals surface area contributed by atoms with Crippen molar-refractivity contribution in [2.24, 2.45) is 5.92 Å². The summed E-state index contributed by atoms with van der Waals surface area (Å²) in [6.07, 6.45) is 9.27. The van der Waals surface area contributed by atoms with Crippen LogP contribution in [0.2, 0.25) is 0 Å². The number of thioether (sulfide) groups is 1. The first kappa shape index (κ1) is 20.2. The average molecular weight is 403 g/mol. The normalized spacial score (nSPS) is 26.1. The highest BCUT2D eigenvalue weighted by Gasteiger charge is 2.22. The maximum Gasteiger partial charge on any atom is 0.311 e. The van der Waals surface area contributed by atoms with Gasteiger partial charge in [-0.15, -0.1) is 7.92 Å². The van der Waals surface area contributed by atoms with Gasteiger partial charge in [0.2, 0.25) is 0 Å². The Balaban J connectivity index is 1.57. The van der Waals surface area contributed by atoms with Crippen LogP contribution >= 0.6 is 19.7 Å². The molecule has 0 aromatic heterocycles. The maximum atomic E-state index is 12.2. The van der Waals surface area contributed by atoms with Crippen molar-refractivity contribution in [3.63, 3.8) is 0 Å². The molecule has 0 aliphatic carbocycles. The van der Waals surface area contributed by atoms with E-state index in [2.05, 4.69) is 12.0 Å². The Morgan fingerprint density at radius 1 is 1.37 bits per heavy atom. The van der Waals surface area contributed by atoms with Crippen molar-refractivity contribution in [1.82, 2.24) is 5.32 Å². The van der Waals surface area contributed by atoms with Gasteiger partial charge in [-0.3, -0.25) is 9.59 Å². The molecule has 2 saturated heterocycles. The molecule has 6 heteroatoms. The van der Waals surface area contributed by atoms with Gasteiger partial charge in [0, 0.05) is 6.42 Å². The Morgan fingerprint density at radius 2 is 2.15 bits per heavy atom. The number of nitrogens with one attached hydrogen (secondary N) is 1. The van der Waals surface area contributed by atoms with E-state index >= 15 is 0 Å². The number of allylic oxidation sites excluding steroid dienone is 1. The van der Waals surface area contributed by atoms with Crippen LogP contribution in [0.5, 0.6) is 5.75 Å². The van der Waals surface area contributed by atoms with Crippen LogP contribution in [0.4, 0.5) is 0 Å². The minimum atomic E-state index is -0.141. The fourth-order valence-corrected chi connectivity index (χ4v) is 6.35. The molecule has 0 radical (unpaired) electrons. The van der Waals surface area contributed by atoms with Crippen LogP contribution in [0.15, 0.2) is 40.3 Å². The summed E-state index contributed by atoms with van der Waals surface area (Å²) in [5.74, 6) is 0.993. The lowest BCUT2D eigenvalue weighted by Gasteiger charge is -2.26. The maximum absolute atomic E-state index is 12.2. The second-order valence-electron chi connectivity index (χ2n) is 7.06. The molecule has 2 aliphatic rings. The number of carbonyl (C=O) groups is 2. The number of Topliss-reactive ketones (excluding diaryl/α,β-unsaturated/α-hetero) is 1. The molecule has 0 saturated carbocycles. The van der Waals surface area contributed by atoms with Gasteiger partial charge in [0.15, 0.2) is 5.78 Å². The molecule has 0 amide bonds. The highest BCUT2D eigenvalue weighted by Crippen LogP contribution is 2.41. The van der Waals surface area contributed by atoms with E-state index in [1.807, 2.05) is 31.2 Å². The van der Waals surface area contributed by atoms with Crippen molar-refractivity contribution in [3.05, 3.63) is 45.8 Å². The van der Waals surface area contributed by atoms with E-state index in [4.69, 9.17) is 4.74 Å². The van der Waals surface area contributed by atoms with Crippen molar-refractivity contribution >= 4 is 37.5 Å². The number of hydrogen-bond acceptors (Lipinski definition) is 5. The molecule has 1 aromatic rings. The molecule has 2 unspecified atom stereocenters. The Kier molecular flexibility index (Phi) is 7.14.